The molecule has 0 bridgehead atoms. The summed E-state index contributed by atoms with van der Waals surface area (Å²) in [5.41, 5.74) is 1.33. The van der Waals surface area contributed by atoms with Gasteiger partial charge in [-0.15, -0.1) is 0 Å². The average Bonchev–Trinajstić information content (AvgIpc) is 3.23. The van der Waals surface area contributed by atoms with Gasteiger partial charge in [0.25, 0.3) is 0 Å². The highest BCUT2D eigenvalue weighted by molar-refractivity contribution is 9.10. The molecule has 1 saturated carbocycles. The van der Waals surface area contributed by atoms with Gasteiger partial charge in [0, 0.05) is 6.04 Å². The first-order chi connectivity index (χ1) is 9.24. The second-order valence-corrected chi connectivity index (χ2v) is 6.82. The van der Waals surface area contributed by atoms with E-state index in [4.69, 9.17) is 4.74 Å². The van der Waals surface area contributed by atoms with E-state index in [1.807, 2.05) is 0 Å². The van der Waals surface area contributed by atoms with Crippen molar-refractivity contribution in [2.45, 2.75) is 38.1 Å². The molecule has 1 aliphatic carbocycles. The number of nitrogens with zero attached hydrogens (tertiary/aromatic N) is 1. The highest BCUT2D eigenvalue weighted by atomic mass is 79.9. The Morgan fingerprint density at radius 3 is 3.00 bits per heavy atom. The molecule has 2 nitrogen and oxygen atoms in total. The molecule has 3 heteroatoms. The Morgan fingerprint density at radius 1 is 1.37 bits per heavy atom. The fraction of sp³-hybridized carbons (Fsp3) is 0.625. The van der Waals surface area contributed by atoms with E-state index in [0.717, 1.165) is 29.2 Å². The molecule has 0 saturated heterocycles. The minimum atomic E-state index is 0.529. The zero-order valence-electron chi connectivity index (χ0n) is 11.6. The normalized spacial score (nSPS) is 22.2. The highest BCUT2D eigenvalue weighted by Gasteiger charge is 2.25. The summed E-state index contributed by atoms with van der Waals surface area (Å²) < 4.78 is 7.02. The monoisotopic (exact) mass is 323 g/mol. The minimum Gasteiger partial charge on any atom is -0.490 e. The number of hydrogen-bond acceptors (Lipinski definition) is 2. The topological polar surface area (TPSA) is 12.5 Å². The van der Waals surface area contributed by atoms with Gasteiger partial charge in [0.15, 0.2) is 0 Å². The van der Waals surface area contributed by atoms with Crippen molar-refractivity contribution < 1.29 is 4.74 Å². The zero-order chi connectivity index (χ0) is 13.2. The standard InChI is InChI=1S/C16H22BrNO/c1-18(9-3-4-12-7-8-12)14-10-13-5-2-6-15(17)16(13)19-11-14/h2,5-6,12,14H,3-4,7-11H2,1H3. The maximum absolute atomic E-state index is 5.94. The van der Waals surface area contributed by atoms with Gasteiger partial charge in [-0.25, -0.2) is 0 Å². The van der Waals surface area contributed by atoms with E-state index in [9.17, 15) is 0 Å². The predicted molar refractivity (Wildman–Crippen MR) is 81.7 cm³/mol. The van der Waals surface area contributed by atoms with E-state index in [-0.39, 0.29) is 0 Å². The van der Waals surface area contributed by atoms with Crippen LogP contribution >= 0.6 is 15.9 Å². The van der Waals surface area contributed by atoms with E-state index in [1.165, 1.54) is 37.8 Å². The molecular formula is C16H22BrNO. The third-order valence-corrected chi connectivity index (χ3v) is 4.99. The van der Waals surface area contributed by atoms with Gasteiger partial charge in [-0.3, -0.25) is 4.90 Å². The Labute approximate surface area is 124 Å². The Bertz CT molecular complexity index is 444. The van der Waals surface area contributed by atoms with Crippen LogP contribution in [0.1, 0.15) is 31.2 Å². The number of likely N-dealkylation sites (N-methyl/N-ethyl adjacent to an activating group) is 1. The van der Waals surface area contributed by atoms with Crippen LogP contribution in [0.15, 0.2) is 22.7 Å². The maximum Gasteiger partial charge on any atom is 0.136 e. The summed E-state index contributed by atoms with van der Waals surface area (Å²) in [5.74, 6) is 2.10. The molecule has 0 radical (unpaired) electrons. The summed E-state index contributed by atoms with van der Waals surface area (Å²) in [6, 6.07) is 6.87. The van der Waals surface area contributed by atoms with Crippen LogP contribution in [0.25, 0.3) is 0 Å². The van der Waals surface area contributed by atoms with E-state index in [2.05, 4.69) is 46.1 Å². The molecule has 19 heavy (non-hydrogen) atoms. The lowest BCUT2D eigenvalue weighted by Crippen LogP contribution is -2.41. The molecule has 0 aromatic heterocycles. The molecule has 1 unspecified atom stereocenters. The molecule has 0 amide bonds. The first-order valence-electron chi connectivity index (χ1n) is 7.34. The van der Waals surface area contributed by atoms with Gasteiger partial charge >= 0.3 is 0 Å². The van der Waals surface area contributed by atoms with Crippen LogP contribution in [0.2, 0.25) is 0 Å². The molecule has 1 aromatic rings. The van der Waals surface area contributed by atoms with Crippen LogP contribution in [-0.2, 0) is 6.42 Å². The molecule has 2 aliphatic rings. The number of halogens is 1. The Hall–Kier alpha value is -0.540. The second-order valence-electron chi connectivity index (χ2n) is 5.96. The fourth-order valence-electron chi connectivity index (χ4n) is 2.87. The Kier molecular flexibility index (Phi) is 4.13. The first kappa shape index (κ1) is 13.4. The van der Waals surface area contributed by atoms with Crippen LogP contribution in [0.3, 0.4) is 0 Å². The zero-order valence-corrected chi connectivity index (χ0v) is 13.2. The van der Waals surface area contributed by atoms with Crippen molar-refractivity contribution in [3.63, 3.8) is 0 Å². The smallest absolute Gasteiger partial charge is 0.136 e. The summed E-state index contributed by atoms with van der Waals surface area (Å²) in [4.78, 5) is 2.48. The molecule has 104 valence electrons. The second kappa shape index (κ2) is 5.84. The third kappa shape index (κ3) is 3.32. The van der Waals surface area contributed by atoms with Gasteiger partial charge < -0.3 is 4.74 Å². The molecule has 1 fully saturated rings. The van der Waals surface area contributed by atoms with E-state index in [0.29, 0.717) is 6.04 Å². The van der Waals surface area contributed by atoms with Crippen molar-refractivity contribution in [1.29, 1.82) is 0 Å². The summed E-state index contributed by atoms with van der Waals surface area (Å²) in [5, 5.41) is 0. The summed E-state index contributed by atoms with van der Waals surface area (Å²) in [6.45, 7) is 2.02. The van der Waals surface area contributed by atoms with Crippen molar-refractivity contribution >= 4 is 15.9 Å². The first-order valence-corrected chi connectivity index (χ1v) is 8.14. The molecule has 1 aliphatic heterocycles. The van der Waals surface area contributed by atoms with Gasteiger partial charge in [0.2, 0.25) is 0 Å². The van der Waals surface area contributed by atoms with Gasteiger partial charge in [0.05, 0.1) is 4.47 Å². The number of para-hydroxylation sites is 1. The van der Waals surface area contributed by atoms with Crippen molar-refractivity contribution in [2.24, 2.45) is 5.92 Å². The van der Waals surface area contributed by atoms with Crippen LogP contribution in [0.4, 0.5) is 0 Å². The lowest BCUT2D eigenvalue weighted by atomic mass is 10.0. The summed E-state index contributed by atoms with van der Waals surface area (Å²) in [7, 11) is 2.24. The van der Waals surface area contributed by atoms with Crippen molar-refractivity contribution in [1.82, 2.24) is 4.90 Å². The lowest BCUT2D eigenvalue weighted by Gasteiger charge is -2.32. The predicted octanol–water partition coefficient (Wildman–Crippen LogP) is 3.87. The molecule has 3 rings (SSSR count). The third-order valence-electron chi connectivity index (χ3n) is 4.37. The van der Waals surface area contributed by atoms with Gasteiger partial charge in [-0.05, 0) is 66.3 Å². The summed E-state index contributed by atoms with van der Waals surface area (Å²) >= 11 is 3.57. The molecule has 1 aromatic carbocycles. The number of hydrogen-bond donors (Lipinski definition) is 0. The SMILES string of the molecule is CN(CCCC1CC1)C1COc2c(Br)cccc2C1. The summed E-state index contributed by atoms with van der Waals surface area (Å²) in [6.07, 6.45) is 6.80. The number of fused-ring (bicyclic) bond motifs is 1. The van der Waals surface area contributed by atoms with E-state index in [1.54, 1.807) is 0 Å². The Balaban J connectivity index is 1.55. The molecule has 1 heterocycles. The van der Waals surface area contributed by atoms with Gasteiger partial charge in [-0.1, -0.05) is 25.0 Å². The molecule has 0 N–H and O–H groups in total. The van der Waals surface area contributed by atoms with Crippen LogP contribution in [0, 0.1) is 5.92 Å². The van der Waals surface area contributed by atoms with Crippen LogP contribution in [0.5, 0.6) is 5.75 Å². The van der Waals surface area contributed by atoms with Crippen molar-refractivity contribution in [2.75, 3.05) is 20.2 Å². The lowest BCUT2D eigenvalue weighted by molar-refractivity contribution is 0.140. The quantitative estimate of drug-likeness (QED) is 0.815. The van der Waals surface area contributed by atoms with Gasteiger partial charge in [0.1, 0.15) is 12.4 Å². The maximum atomic E-state index is 5.94. The fourth-order valence-corrected chi connectivity index (χ4v) is 3.39. The van der Waals surface area contributed by atoms with Crippen molar-refractivity contribution in [3.8, 4) is 5.75 Å². The minimum absolute atomic E-state index is 0.529. The van der Waals surface area contributed by atoms with Gasteiger partial charge in [-0.2, -0.15) is 0 Å². The highest BCUT2D eigenvalue weighted by Crippen LogP contribution is 2.35. The number of rotatable bonds is 5. The van der Waals surface area contributed by atoms with Crippen molar-refractivity contribution in [3.05, 3.63) is 28.2 Å². The van der Waals surface area contributed by atoms with Crippen LogP contribution < -0.4 is 4.74 Å². The molecule has 1 atom stereocenters. The Morgan fingerprint density at radius 2 is 2.21 bits per heavy atom. The van der Waals surface area contributed by atoms with E-state index < -0.39 is 0 Å². The largest absolute Gasteiger partial charge is 0.490 e. The number of benzene rings is 1. The van der Waals surface area contributed by atoms with Crippen LogP contribution in [-0.4, -0.2) is 31.1 Å². The number of ether oxygens (including phenoxy) is 1. The molecular weight excluding hydrogens is 302 g/mol. The molecule has 0 spiro atoms. The van der Waals surface area contributed by atoms with E-state index >= 15 is 0 Å². The average molecular weight is 324 g/mol.